The van der Waals surface area contributed by atoms with Crippen LogP contribution in [-0.2, 0) is 12.8 Å². The Morgan fingerprint density at radius 1 is 0.917 bits per heavy atom. The van der Waals surface area contributed by atoms with Gasteiger partial charge in [-0.15, -0.1) is 0 Å². The summed E-state index contributed by atoms with van der Waals surface area (Å²) in [5.74, 6) is 0. The molecule has 0 bridgehead atoms. The molecule has 3 aromatic carbocycles. The van der Waals surface area contributed by atoms with Crippen molar-refractivity contribution in [3.05, 3.63) is 110 Å². The van der Waals surface area contributed by atoms with Crippen LogP contribution < -0.4 is 22.9 Å². The highest BCUT2D eigenvalue weighted by Gasteiger charge is 2.24. The van der Waals surface area contributed by atoms with E-state index in [1.807, 2.05) is 36.4 Å². The monoisotopic (exact) mass is 541 g/mol. The standard InChI is InChI=1S/C29H29Cl2N3O.ClH/c30-23-13-12-22(27(31)20-23)19-28-25-10-4-5-11-26(25)29(35)34(32-28)24-9-6-16-33(18-15-24)17-14-21-7-2-1-3-8-21;/h1-5,7-8,10-13,20,24H,6,9,14-19H2;1H. The molecule has 0 aliphatic carbocycles. The first-order chi connectivity index (χ1) is 17.1. The Balaban J connectivity index is 0.00000304. The molecule has 4 aromatic rings. The minimum atomic E-state index is 0. The Morgan fingerprint density at radius 2 is 1.67 bits per heavy atom. The summed E-state index contributed by atoms with van der Waals surface area (Å²) in [6.07, 6.45) is 4.66. The van der Waals surface area contributed by atoms with Crippen LogP contribution in [-0.4, -0.2) is 29.4 Å². The molecular formula is C29H30Cl3N3O. The van der Waals surface area contributed by atoms with Crippen molar-refractivity contribution in [3.63, 3.8) is 0 Å². The van der Waals surface area contributed by atoms with Crippen molar-refractivity contribution in [2.75, 3.05) is 19.6 Å². The van der Waals surface area contributed by atoms with Gasteiger partial charge in [-0.3, -0.25) is 4.79 Å². The van der Waals surface area contributed by atoms with Gasteiger partial charge in [0.05, 0.1) is 36.8 Å². The lowest BCUT2D eigenvalue weighted by Gasteiger charge is -2.19. The Labute approximate surface area is 228 Å². The zero-order valence-corrected chi connectivity index (χ0v) is 22.4. The molecule has 1 aliphatic heterocycles. The summed E-state index contributed by atoms with van der Waals surface area (Å²) >= 11 is 12.6. The third-order valence-electron chi connectivity index (χ3n) is 7.13. The Bertz CT molecular complexity index is 1370. The van der Waals surface area contributed by atoms with Crippen LogP contribution in [0.15, 0.2) is 77.6 Å². The van der Waals surface area contributed by atoms with E-state index in [9.17, 15) is 4.79 Å². The van der Waals surface area contributed by atoms with E-state index in [2.05, 4.69) is 30.3 Å². The molecule has 188 valence electrons. The fourth-order valence-corrected chi connectivity index (χ4v) is 5.66. The Kier molecular flexibility index (Phi) is 9.08. The van der Waals surface area contributed by atoms with Crippen molar-refractivity contribution < 1.29 is 17.3 Å². The summed E-state index contributed by atoms with van der Waals surface area (Å²) < 4.78 is 1.77. The van der Waals surface area contributed by atoms with E-state index in [0.717, 1.165) is 67.3 Å². The number of nitrogens with one attached hydrogen (secondary N) is 1. The maximum absolute atomic E-state index is 13.5. The van der Waals surface area contributed by atoms with Crippen LogP contribution in [0.2, 0.25) is 10.0 Å². The number of benzene rings is 3. The largest absolute Gasteiger partial charge is 1.00 e. The fraction of sp³-hybridized carbons (Fsp3) is 0.310. The van der Waals surface area contributed by atoms with Gasteiger partial charge in [-0.2, -0.15) is 5.10 Å². The first-order valence-electron chi connectivity index (χ1n) is 12.4. The highest BCUT2D eigenvalue weighted by Crippen LogP contribution is 2.26. The molecule has 2 atom stereocenters. The lowest BCUT2D eigenvalue weighted by atomic mass is 10.0. The topological polar surface area (TPSA) is 39.3 Å². The van der Waals surface area contributed by atoms with Gasteiger partial charge >= 0.3 is 0 Å². The van der Waals surface area contributed by atoms with Crippen LogP contribution in [0.4, 0.5) is 0 Å². The molecule has 0 spiro atoms. The molecule has 0 saturated carbocycles. The van der Waals surface area contributed by atoms with Gasteiger partial charge in [-0.25, -0.2) is 4.68 Å². The van der Waals surface area contributed by atoms with E-state index in [4.69, 9.17) is 28.3 Å². The van der Waals surface area contributed by atoms with Crippen molar-refractivity contribution in [3.8, 4) is 0 Å². The van der Waals surface area contributed by atoms with E-state index in [0.29, 0.717) is 16.5 Å². The lowest BCUT2D eigenvalue weighted by molar-refractivity contribution is -0.899. The van der Waals surface area contributed by atoms with E-state index >= 15 is 0 Å². The highest BCUT2D eigenvalue weighted by molar-refractivity contribution is 6.35. The average molecular weight is 543 g/mol. The van der Waals surface area contributed by atoms with Gasteiger partial charge in [0.2, 0.25) is 0 Å². The summed E-state index contributed by atoms with van der Waals surface area (Å²) in [5, 5.41) is 7.79. The second-order valence-electron chi connectivity index (χ2n) is 9.47. The molecular weight excluding hydrogens is 513 g/mol. The third-order valence-corrected chi connectivity index (χ3v) is 7.72. The molecule has 1 fully saturated rings. The van der Waals surface area contributed by atoms with Gasteiger partial charge in [-0.1, -0.05) is 77.8 Å². The first-order valence-corrected chi connectivity index (χ1v) is 13.2. The number of nitrogens with zero attached hydrogens (tertiary/aromatic N) is 2. The minimum absolute atomic E-state index is 0. The first kappa shape index (κ1) is 26.7. The molecule has 2 unspecified atom stereocenters. The minimum Gasteiger partial charge on any atom is -1.00 e. The van der Waals surface area contributed by atoms with Crippen molar-refractivity contribution in [1.82, 2.24) is 9.78 Å². The summed E-state index contributed by atoms with van der Waals surface area (Å²) in [7, 11) is 0. The van der Waals surface area contributed by atoms with Crippen LogP contribution in [0.25, 0.3) is 10.8 Å². The maximum Gasteiger partial charge on any atom is 0.274 e. The summed E-state index contributed by atoms with van der Waals surface area (Å²) in [4.78, 5) is 15.1. The molecule has 1 saturated heterocycles. The summed E-state index contributed by atoms with van der Waals surface area (Å²) in [6.45, 7) is 3.31. The van der Waals surface area contributed by atoms with Gasteiger partial charge in [0.25, 0.3) is 5.56 Å². The van der Waals surface area contributed by atoms with Crippen LogP contribution in [0, 0.1) is 0 Å². The lowest BCUT2D eigenvalue weighted by Crippen LogP contribution is -3.12. The Morgan fingerprint density at radius 3 is 2.44 bits per heavy atom. The van der Waals surface area contributed by atoms with Gasteiger partial charge < -0.3 is 17.3 Å². The van der Waals surface area contributed by atoms with E-state index in [1.165, 1.54) is 5.56 Å². The van der Waals surface area contributed by atoms with E-state index < -0.39 is 0 Å². The predicted octanol–water partition coefficient (Wildman–Crippen LogP) is 2.15. The van der Waals surface area contributed by atoms with Gasteiger partial charge in [0, 0.05) is 34.7 Å². The number of halogens is 3. The smallest absolute Gasteiger partial charge is 0.274 e. The summed E-state index contributed by atoms with van der Waals surface area (Å²) in [5.41, 5.74) is 3.22. The number of quaternary nitrogens is 1. The van der Waals surface area contributed by atoms with Crippen molar-refractivity contribution >= 4 is 34.0 Å². The van der Waals surface area contributed by atoms with Crippen LogP contribution >= 0.6 is 23.2 Å². The molecule has 0 radical (unpaired) electrons. The summed E-state index contributed by atoms with van der Waals surface area (Å²) in [6, 6.07) is 24.1. The highest BCUT2D eigenvalue weighted by atomic mass is 35.5. The second kappa shape index (κ2) is 12.2. The molecule has 4 nitrogen and oxygen atoms in total. The average Bonchev–Trinajstić information content (AvgIpc) is 3.12. The zero-order chi connectivity index (χ0) is 24.2. The molecule has 5 rings (SSSR count). The SMILES string of the molecule is O=c1c2ccccc2c(Cc2ccc(Cl)cc2Cl)nn1C1CCC[NH+](CCc2ccccc2)CC1.[Cl-]. The third kappa shape index (κ3) is 6.12. The predicted molar refractivity (Wildman–Crippen MR) is 144 cm³/mol. The van der Waals surface area contributed by atoms with Crippen molar-refractivity contribution in [1.29, 1.82) is 0 Å². The number of hydrogen-bond donors (Lipinski definition) is 1. The van der Waals surface area contributed by atoms with Gasteiger partial charge in [0.15, 0.2) is 0 Å². The van der Waals surface area contributed by atoms with E-state index in [-0.39, 0.29) is 24.0 Å². The number of rotatable bonds is 6. The van der Waals surface area contributed by atoms with Crippen molar-refractivity contribution in [2.24, 2.45) is 0 Å². The molecule has 0 amide bonds. The quantitative estimate of drug-likeness (QED) is 0.406. The number of hydrogen-bond acceptors (Lipinski definition) is 2. The number of likely N-dealkylation sites (tertiary alicyclic amines) is 1. The van der Waals surface area contributed by atoms with Crippen LogP contribution in [0.1, 0.15) is 42.1 Å². The molecule has 36 heavy (non-hydrogen) atoms. The van der Waals surface area contributed by atoms with Gasteiger partial charge in [-0.05, 0) is 42.2 Å². The van der Waals surface area contributed by atoms with Crippen LogP contribution in [0.5, 0.6) is 0 Å². The number of fused-ring (bicyclic) bond motifs is 1. The van der Waals surface area contributed by atoms with E-state index in [1.54, 1.807) is 15.6 Å². The molecule has 1 aliphatic rings. The maximum atomic E-state index is 13.5. The van der Waals surface area contributed by atoms with Crippen LogP contribution in [0.3, 0.4) is 0 Å². The zero-order valence-electron chi connectivity index (χ0n) is 20.1. The molecule has 7 heteroatoms. The second-order valence-corrected chi connectivity index (χ2v) is 10.3. The van der Waals surface area contributed by atoms with Crippen molar-refractivity contribution in [2.45, 2.75) is 38.1 Å². The molecule has 1 N–H and O–H groups in total. The normalized spacial score (nSPS) is 17.9. The van der Waals surface area contributed by atoms with Gasteiger partial charge in [0.1, 0.15) is 0 Å². The molecule has 2 heterocycles. The Hall–Kier alpha value is -2.37. The number of aromatic nitrogens is 2. The molecule has 1 aromatic heterocycles. The fourth-order valence-electron chi connectivity index (χ4n) is 5.19.